The summed E-state index contributed by atoms with van der Waals surface area (Å²) < 4.78 is 5.92. The fourth-order valence-electron chi connectivity index (χ4n) is 3.31. The maximum Gasteiger partial charge on any atom is 0.251 e. The molecule has 1 saturated heterocycles. The highest BCUT2D eigenvalue weighted by Gasteiger charge is 2.23. The van der Waals surface area contributed by atoms with Gasteiger partial charge in [-0.1, -0.05) is 36.2 Å². The summed E-state index contributed by atoms with van der Waals surface area (Å²) in [6, 6.07) is 10.9. The second-order valence-corrected chi connectivity index (χ2v) is 7.64. The fraction of sp³-hybridized carbons (Fsp3) is 0.286. The molecule has 1 atom stereocenters. The van der Waals surface area contributed by atoms with Gasteiger partial charge < -0.3 is 14.6 Å². The molecule has 3 aromatic rings. The standard InChI is InChI=1S/C21H20Cl2N4O2/c1-2-15-10-20(28)26-21(25-15)14-4-6-19(24-11-14)27-7-8-29-18(12-27)13-3-5-16(22)17(23)9-13/h3-6,9-11,18H,2,7-8,12H2,1H3,(H,25,26,28). The van der Waals surface area contributed by atoms with Crippen LogP contribution in [0, 0.1) is 0 Å². The number of morpholine rings is 1. The van der Waals surface area contributed by atoms with E-state index < -0.39 is 0 Å². The Morgan fingerprint density at radius 3 is 2.79 bits per heavy atom. The van der Waals surface area contributed by atoms with Crippen molar-refractivity contribution >= 4 is 29.0 Å². The Labute approximate surface area is 178 Å². The van der Waals surface area contributed by atoms with Crippen molar-refractivity contribution in [2.24, 2.45) is 0 Å². The Balaban J connectivity index is 1.53. The molecule has 2 aromatic heterocycles. The first-order chi connectivity index (χ1) is 14.0. The van der Waals surface area contributed by atoms with Crippen molar-refractivity contribution in [3.05, 3.63) is 74.3 Å². The lowest BCUT2D eigenvalue weighted by atomic mass is 10.1. The van der Waals surface area contributed by atoms with E-state index in [1.165, 1.54) is 6.07 Å². The van der Waals surface area contributed by atoms with Gasteiger partial charge in [-0.05, 0) is 36.2 Å². The van der Waals surface area contributed by atoms with E-state index in [1.807, 2.05) is 31.2 Å². The van der Waals surface area contributed by atoms with E-state index in [2.05, 4.69) is 19.9 Å². The zero-order valence-electron chi connectivity index (χ0n) is 15.9. The molecule has 1 unspecified atom stereocenters. The van der Waals surface area contributed by atoms with Crippen LogP contribution in [-0.4, -0.2) is 34.6 Å². The maximum atomic E-state index is 11.8. The molecule has 4 rings (SSSR count). The van der Waals surface area contributed by atoms with Gasteiger partial charge in [0.2, 0.25) is 0 Å². The van der Waals surface area contributed by atoms with Crippen LogP contribution in [0.1, 0.15) is 24.3 Å². The van der Waals surface area contributed by atoms with Crippen molar-refractivity contribution in [3.8, 4) is 11.4 Å². The molecule has 150 valence electrons. The third kappa shape index (κ3) is 4.45. The molecule has 1 fully saturated rings. The Kier molecular flexibility index (Phi) is 5.85. The minimum Gasteiger partial charge on any atom is -0.370 e. The molecule has 0 saturated carbocycles. The quantitative estimate of drug-likeness (QED) is 0.668. The third-order valence-electron chi connectivity index (χ3n) is 4.88. The number of aromatic amines is 1. The highest BCUT2D eigenvalue weighted by atomic mass is 35.5. The number of nitrogens with one attached hydrogen (secondary N) is 1. The van der Waals surface area contributed by atoms with E-state index in [9.17, 15) is 4.79 Å². The van der Waals surface area contributed by atoms with Crippen molar-refractivity contribution < 1.29 is 4.74 Å². The Bertz CT molecular complexity index is 1070. The van der Waals surface area contributed by atoms with Crippen LogP contribution in [0.2, 0.25) is 10.0 Å². The summed E-state index contributed by atoms with van der Waals surface area (Å²) in [6.07, 6.45) is 2.32. The van der Waals surface area contributed by atoms with E-state index in [-0.39, 0.29) is 11.7 Å². The largest absolute Gasteiger partial charge is 0.370 e. The van der Waals surface area contributed by atoms with E-state index in [1.54, 1.807) is 12.3 Å². The molecule has 1 aliphatic rings. The Hall–Kier alpha value is -2.41. The fourth-order valence-corrected chi connectivity index (χ4v) is 3.62. The van der Waals surface area contributed by atoms with Gasteiger partial charge >= 0.3 is 0 Å². The van der Waals surface area contributed by atoms with Crippen LogP contribution in [0.15, 0.2) is 47.4 Å². The number of aryl methyl sites for hydroxylation is 1. The number of anilines is 1. The lowest BCUT2D eigenvalue weighted by Gasteiger charge is -2.34. The van der Waals surface area contributed by atoms with E-state index in [0.717, 1.165) is 29.2 Å². The number of ether oxygens (including phenoxy) is 1. The second-order valence-electron chi connectivity index (χ2n) is 6.82. The van der Waals surface area contributed by atoms with Crippen LogP contribution in [0.3, 0.4) is 0 Å². The SMILES string of the molecule is CCc1cc(=O)[nH]c(-c2ccc(N3CCOC(c4ccc(Cl)c(Cl)c4)C3)nc2)n1. The summed E-state index contributed by atoms with van der Waals surface area (Å²) in [7, 11) is 0. The van der Waals surface area contributed by atoms with Crippen molar-refractivity contribution in [1.82, 2.24) is 15.0 Å². The molecule has 8 heteroatoms. The molecule has 6 nitrogen and oxygen atoms in total. The molecule has 29 heavy (non-hydrogen) atoms. The van der Waals surface area contributed by atoms with Crippen LogP contribution >= 0.6 is 23.2 Å². The molecule has 3 heterocycles. The molecule has 1 aromatic carbocycles. The Morgan fingerprint density at radius 2 is 2.07 bits per heavy atom. The van der Waals surface area contributed by atoms with E-state index >= 15 is 0 Å². The molecule has 0 bridgehead atoms. The molecule has 1 aliphatic heterocycles. The van der Waals surface area contributed by atoms with Gasteiger partial charge in [0.1, 0.15) is 17.7 Å². The monoisotopic (exact) mass is 430 g/mol. The van der Waals surface area contributed by atoms with Gasteiger partial charge in [0.25, 0.3) is 5.56 Å². The molecular weight excluding hydrogens is 411 g/mol. The van der Waals surface area contributed by atoms with Gasteiger partial charge in [-0.3, -0.25) is 4.79 Å². The molecule has 0 aliphatic carbocycles. The average Bonchev–Trinajstić information content (AvgIpc) is 2.75. The van der Waals surface area contributed by atoms with Crippen LogP contribution in [-0.2, 0) is 11.2 Å². The van der Waals surface area contributed by atoms with E-state index in [0.29, 0.717) is 35.4 Å². The number of nitrogens with zero attached hydrogens (tertiary/aromatic N) is 3. The van der Waals surface area contributed by atoms with Gasteiger partial charge in [0.05, 0.1) is 16.7 Å². The van der Waals surface area contributed by atoms with Gasteiger partial charge in [0, 0.05) is 36.6 Å². The molecular formula is C21H20Cl2N4O2. The van der Waals surface area contributed by atoms with Crippen molar-refractivity contribution in [2.45, 2.75) is 19.4 Å². The van der Waals surface area contributed by atoms with Crippen molar-refractivity contribution in [3.63, 3.8) is 0 Å². The minimum atomic E-state index is -0.159. The molecule has 0 amide bonds. The third-order valence-corrected chi connectivity index (χ3v) is 5.62. The number of benzene rings is 1. The highest BCUT2D eigenvalue weighted by molar-refractivity contribution is 6.42. The zero-order valence-corrected chi connectivity index (χ0v) is 17.4. The summed E-state index contributed by atoms with van der Waals surface area (Å²) in [6.45, 7) is 3.95. The summed E-state index contributed by atoms with van der Waals surface area (Å²) in [5.41, 5.74) is 2.35. The average molecular weight is 431 g/mol. The maximum absolute atomic E-state index is 11.8. The first-order valence-electron chi connectivity index (χ1n) is 9.41. The molecule has 0 radical (unpaired) electrons. The van der Waals surface area contributed by atoms with Crippen LogP contribution < -0.4 is 10.5 Å². The lowest BCUT2D eigenvalue weighted by Crippen LogP contribution is -2.38. The van der Waals surface area contributed by atoms with Gasteiger partial charge in [-0.2, -0.15) is 0 Å². The number of rotatable bonds is 4. The van der Waals surface area contributed by atoms with E-state index in [4.69, 9.17) is 27.9 Å². The smallest absolute Gasteiger partial charge is 0.251 e. The highest BCUT2D eigenvalue weighted by Crippen LogP contribution is 2.30. The number of pyridine rings is 1. The zero-order chi connectivity index (χ0) is 20.4. The van der Waals surface area contributed by atoms with Gasteiger partial charge in [0.15, 0.2) is 0 Å². The van der Waals surface area contributed by atoms with Gasteiger partial charge in [-0.15, -0.1) is 0 Å². The summed E-state index contributed by atoms with van der Waals surface area (Å²) in [5.74, 6) is 1.38. The number of aromatic nitrogens is 3. The minimum absolute atomic E-state index is 0.112. The normalized spacial score (nSPS) is 16.8. The van der Waals surface area contributed by atoms with Crippen molar-refractivity contribution in [2.75, 3.05) is 24.6 Å². The number of H-pyrrole nitrogens is 1. The topological polar surface area (TPSA) is 71.1 Å². The Morgan fingerprint density at radius 1 is 1.21 bits per heavy atom. The number of hydrogen-bond donors (Lipinski definition) is 1. The first kappa shape index (κ1) is 19.9. The van der Waals surface area contributed by atoms with Gasteiger partial charge in [-0.25, -0.2) is 9.97 Å². The predicted molar refractivity (Wildman–Crippen MR) is 115 cm³/mol. The number of halogens is 2. The second kappa shape index (κ2) is 8.53. The summed E-state index contributed by atoms with van der Waals surface area (Å²) >= 11 is 12.2. The number of hydrogen-bond acceptors (Lipinski definition) is 5. The van der Waals surface area contributed by atoms with Crippen LogP contribution in [0.25, 0.3) is 11.4 Å². The van der Waals surface area contributed by atoms with Crippen molar-refractivity contribution in [1.29, 1.82) is 0 Å². The van der Waals surface area contributed by atoms with Crippen LogP contribution in [0.5, 0.6) is 0 Å². The lowest BCUT2D eigenvalue weighted by molar-refractivity contribution is 0.0395. The summed E-state index contributed by atoms with van der Waals surface area (Å²) in [4.78, 5) is 25.8. The summed E-state index contributed by atoms with van der Waals surface area (Å²) in [5, 5.41) is 1.04. The molecule has 0 spiro atoms. The first-order valence-corrected chi connectivity index (χ1v) is 10.2. The molecule has 1 N–H and O–H groups in total. The van der Waals surface area contributed by atoms with Crippen LogP contribution in [0.4, 0.5) is 5.82 Å². The predicted octanol–water partition coefficient (Wildman–Crippen LogP) is 4.28.